The third-order valence-corrected chi connectivity index (χ3v) is 2.19. The predicted octanol–water partition coefficient (Wildman–Crippen LogP) is 2.18. The molecule has 1 atom stereocenters. The summed E-state index contributed by atoms with van der Waals surface area (Å²) in [7, 11) is 1.99. The van der Waals surface area contributed by atoms with E-state index in [2.05, 4.69) is 42.2 Å². The number of nitrogens with one attached hydrogen (secondary N) is 1. The second-order valence-corrected chi connectivity index (χ2v) is 3.19. The number of hydrogen-bond acceptors (Lipinski definition) is 1. The third-order valence-electron chi connectivity index (χ3n) is 2.19. The van der Waals surface area contributed by atoms with Crippen molar-refractivity contribution in [1.29, 1.82) is 0 Å². The van der Waals surface area contributed by atoms with Gasteiger partial charge < -0.3 is 9.88 Å². The van der Waals surface area contributed by atoms with Gasteiger partial charge in [-0.1, -0.05) is 6.92 Å². The molecule has 0 saturated carbocycles. The number of rotatable bonds is 4. The van der Waals surface area contributed by atoms with Gasteiger partial charge in [0.05, 0.1) is 0 Å². The van der Waals surface area contributed by atoms with E-state index in [4.69, 9.17) is 0 Å². The molecule has 1 aromatic heterocycles. The summed E-state index contributed by atoms with van der Waals surface area (Å²) in [6, 6.07) is 2.64. The Kier molecular flexibility index (Phi) is 3.35. The maximum atomic E-state index is 3.22. The van der Waals surface area contributed by atoms with Gasteiger partial charge >= 0.3 is 0 Å². The SMILES string of the molecule is CCCn1ccc([C@@H](C)NC)c1. The van der Waals surface area contributed by atoms with Gasteiger partial charge in [0.25, 0.3) is 0 Å². The molecule has 0 aliphatic rings. The molecule has 12 heavy (non-hydrogen) atoms. The van der Waals surface area contributed by atoms with Crippen molar-refractivity contribution in [2.45, 2.75) is 32.9 Å². The zero-order chi connectivity index (χ0) is 8.97. The van der Waals surface area contributed by atoms with E-state index in [9.17, 15) is 0 Å². The van der Waals surface area contributed by atoms with Gasteiger partial charge in [0.2, 0.25) is 0 Å². The number of aromatic nitrogens is 1. The Morgan fingerprint density at radius 2 is 2.33 bits per heavy atom. The summed E-state index contributed by atoms with van der Waals surface area (Å²) in [4.78, 5) is 0. The molecule has 0 saturated heterocycles. The van der Waals surface area contributed by atoms with Crippen LogP contribution in [0.15, 0.2) is 18.5 Å². The highest BCUT2D eigenvalue weighted by Crippen LogP contribution is 2.11. The van der Waals surface area contributed by atoms with Crippen LogP contribution in [0, 0.1) is 0 Å². The smallest absolute Gasteiger partial charge is 0.0304 e. The van der Waals surface area contributed by atoms with Gasteiger partial charge in [0, 0.05) is 25.0 Å². The number of hydrogen-bond donors (Lipinski definition) is 1. The van der Waals surface area contributed by atoms with Crippen LogP contribution in [0.4, 0.5) is 0 Å². The van der Waals surface area contributed by atoms with Crippen LogP contribution in [0.3, 0.4) is 0 Å². The van der Waals surface area contributed by atoms with Crippen LogP contribution in [0.5, 0.6) is 0 Å². The molecule has 0 amide bonds. The normalized spacial score (nSPS) is 13.2. The molecule has 0 bridgehead atoms. The van der Waals surface area contributed by atoms with Gasteiger partial charge in [-0.15, -0.1) is 0 Å². The second-order valence-electron chi connectivity index (χ2n) is 3.19. The Morgan fingerprint density at radius 3 is 2.92 bits per heavy atom. The van der Waals surface area contributed by atoms with Gasteiger partial charge in [-0.3, -0.25) is 0 Å². The van der Waals surface area contributed by atoms with E-state index in [1.54, 1.807) is 0 Å². The first-order chi connectivity index (χ1) is 5.77. The summed E-state index contributed by atoms with van der Waals surface area (Å²) < 4.78 is 2.24. The van der Waals surface area contributed by atoms with E-state index in [1.807, 2.05) is 7.05 Å². The fraction of sp³-hybridized carbons (Fsp3) is 0.600. The second kappa shape index (κ2) is 4.31. The molecule has 2 nitrogen and oxygen atoms in total. The van der Waals surface area contributed by atoms with Crippen molar-refractivity contribution in [1.82, 2.24) is 9.88 Å². The molecule has 0 radical (unpaired) electrons. The first kappa shape index (κ1) is 9.33. The molecule has 68 valence electrons. The van der Waals surface area contributed by atoms with Gasteiger partial charge in [-0.2, -0.15) is 0 Å². The molecule has 1 rings (SSSR count). The minimum Gasteiger partial charge on any atom is -0.354 e. The lowest BCUT2D eigenvalue weighted by Crippen LogP contribution is -2.11. The highest BCUT2D eigenvalue weighted by atomic mass is 14.9. The molecule has 0 fully saturated rings. The summed E-state index contributed by atoms with van der Waals surface area (Å²) in [6.07, 6.45) is 5.55. The standard InChI is InChI=1S/C10H18N2/c1-4-6-12-7-5-10(8-12)9(2)11-3/h5,7-9,11H,4,6H2,1-3H3/t9-/m1/s1. The molecular formula is C10H18N2. The van der Waals surface area contributed by atoms with E-state index in [-0.39, 0.29) is 0 Å². The minimum atomic E-state index is 0.461. The zero-order valence-corrected chi connectivity index (χ0v) is 8.17. The third kappa shape index (κ3) is 2.11. The molecular weight excluding hydrogens is 148 g/mol. The van der Waals surface area contributed by atoms with E-state index in [1.165, 1.54) is 12.0 Å². The highest BCUT2D eigenvalue weighted by Gasteiger charge is 2.02. The summed E-state index contributed by atoms with van der Waals surface area (Å²) in [6.45, 7) is 5.49. The number of aryl methyl sites for hydroxylation is 1. The predicted molar refractivity (Wildman–Crippen MR) is 52.2 cm³/mol. The van der Waals surface area contributed by atoms with E-state index in [0.717, 1.165) is 6.54 Å². The van der Waals surface area contributed by atoms with Crippen molar-refractivity contribution in [3.63, 3.8) is 0 Å². The van der Waals surface area contributed by atoms with Crippen LogP contribution >= 0.6 is 0 Å². The largest absolute Gasteiger partial charge is 0.354 e. The number of nitrogens with zero attached hydrogens (tertiary/aromatic N) is 1. The summed E-state index contributed by atoms with van der Waals surface area (Å²) in [5, 5.41) is 3.22. The van der Waals surface area contributed by atoms with Crippen LogP contribution in [0.1, 0.15) is 31.9 Å². The summed E-state index contributed by atoms with van der Waals surface area (Å²) >= 11 is 0. The van der Waals surface area contributed by atoms with E-state index >= 15 is 0 Å². The van der Waals surface area contributed by atoms with Crippen molar-refractivity contribution in [2.75, 3.05) is 7.05 Å². The molecule has 1 aromatic rings. The van der Waals surface area contributed by atoms with Crippen molar-refractivity contribution in [3.8, 4) is 0 Å². The summed E-state index contributed by atoms with van der Waals surface area (Å²) in [5.41, 5.74) is 1.37. The minimum absolute atomic E-state index is 0.461. The fourth-order valence-electron chi connectivity index (χ4n) is 1.28. The quantitative estimate of drug-likeness (QED) is 0.725. The maximum absolute atomic E-state index is 3.22. The van der Waals surface area contributed by atoms with Gasteiger partial charge in [0.1, 0.15) is 0 Å². The monoisotopic (exact) mass is 166 g/mol. The van der Waals surface area contributed by atoms with Crippen LogP contribution in [0.2, 0.25) is 0 Å². The molecule has 0 unspecified atom stereocenters. The van der Waals surface area contributed by atoms with Crippen molar-refractivity contribution in [2.24, 2.45) is 0 Å². The lowest BCUT2D eigenvalue weighted by atomic mass is 10.2. The first-order valence-electron chi connectivity index (χ1n) is 4.61. The van der Waals surface area contributed by atoms with Gasteiger partial charge in [-0.25, -0.2) is 0 Å². The Balaban J connectivity index is 2.63. The van der Waals surface area contributed by atoms with Gasteiger partial charge in [-0.05, 0) is 32.0 Å². The Hall–Kier alpha value is -0.760. The average Bonchev–Trinajstić information content (AvgIpc) is 2.52. The molecule has 0 aliphatic carbocycles. The van der Waals surface area contributed by atoms with Crippen molar-refractivity contribution >= 4 is 0 Å². The van der Waals surface area contributed by atoms with Crippen molar-refractivity contribution in [3.05, 3.63) is 24.0 Å². The van der Waals surface area contributed by atoms with Crippen molar-refractivity contribution < 1.29 is 0 Å². The molecule has 0 aromatic carbocycles. The highest BCUT2D eigenvalue weighted by molar-refractivity contribution is 5.14. The van der Waals surface area contributed by atoms with Crippen LogP contribution in [0.25, 0.3) is 0 Å². The zero-order valence-electron chi connectivity index (χ0n) is 8.17. The van der Waals surface area contributed by atoms with E-state index < -0.39 is 0 Å². The molecule has 1 N–H and O–H groups in total. The molecule has 2 heteroatoms. The fourth-order valence-corrected chi connectivity index (χ4v) is 1.28. The topological polar surface area (TPSA) is 17.0 Å². The van der Waals surface area contributed by atoms with Crippen LogP contribution in [-0.4, -0.2) is 11.6 Å². The lowest BCUT2D eigenvalue weighted by molar-refractivity contribution is 0.640. The first-order valence-corrected chi connectivity index (χ1v) is 4.61. The van der Waals surface area contributed by atoms with Crippen LogP contribution < -0.4 is 5.32 Å². The average molecular weight is 166 g/mol. The molecule has 1 heterocycles. The lowest BCUT2D eigenvalue weighted by Gasteiger charge is -2.06. The molecule has 0 aliphatic heterocycles. The van der Waals surface area contributed by atoms with Gasteiger partial charge in [0.15, 0.2) is 0 Å². The maximum Gasteiger partial charge on any atom is 0.0304 e. The van der Waals surface area contributed by atoms with Crippen LogP contribution in [-0.2, 0) is 6.54 Å². The molecule has 0 spiro atoms. The Labute approximate surface area is 74.6 Å². The Morgan fingerprint density at radius 1 is 1.58 bits per heavy atom. The van der Waals surface area contributed by atoms with E-state index in [0.29, 0.717) is 6.04 Å². The Bertz CT molecular complexity index is 227. The summed E-state index contributed by atoms with van der Waals surface area (Å²) in [5.74, 6) is 0.